The topological polar surface area (TPSA) is 54.1 Å². The van der Waals surface area contributed by atoms with E-state index in [9.17, 15) is 17.5 Å². The van der Waals surface area contributed by atoms with E-state index in [1.165, 1.54) is 12.3 Å². The van der Waals surface area contributed by atoms with Crippen molar-refractivity contribution < 1.29 is 22.5 Å². The maximum atomic E-state index is 13.0. The summed E-state index contributed by atoms with van der Waals surface area (Å²) in [6, 6.07) is 2.69. The number of hydrogen-bond donors (Lipinski definition) is 2. The monoisotopic (exact) mass is 370 g/mol. The van der Waals surface area contributed by atoms with Gasteiger partial charge in [0.1, 0.15) is 0 Å². The fourth-order valence-electron chi connectivity index (χ4n) is 1.29. The highest BCUT2D eigenvalue weighted by atomic mass is 79.9. The number of hydrogen-bond acceptors (Lipinski definition) is 2. The van der Waals surface area contributed by atoms with Gasteiger partial charge in [0, 0.05) is 22.9 Å². The fraction of sp³-hybridized carbons (Fsp3) is 0.0909. The minimum Gasteiger partial charge on any atom is -0.355 e. The molecule has 1 atom stereocenters. The molecule has 0 fully saturated rings. The second kappa shape index (κ2) is 6.80. The van der Waals surface area contributed by atoms with Crippen LogP contribution in [0.5, 0.6) is 5.75 Å². The minimum absolute atomic E-state index is 0. The highest BCUT2D eigenvalue weighted by Crippen LogP contribution is 2.29. The molecule has 2 aromatic rings. The Balaban J connectivity index is 0.00000200. The summed E-state index contributed by atoms with van der Waals surface area (Å²) < 4.78 is 52.9. The fourth-order valence-corrected chi connectivity index (χ4v) is 2.67. The smallest absolute Gasteiger partial charge is 0.198 e. The van der Waals surface area contributed by atoms with Gasteiger partial charge in [-0.3, -0.25) is 9.66 Å². The molecule has 110 valence electrons. The molecule has 0 amide bonds. The molecule has 0 spiro atoms. The predicted molar refractivity (Wildman–Crippen MR) is 73.3 cm³/mol. The minimum atomic E-state index is -1.79. The molecule has 0 saturated carbocycles. The maximum Gasteiger partial charge on any atom is 0.198 e. The van der Waals surface area contributed by atoms with E-state index in [1.807, 2.05) is 0 Å². The first-order valence-electron chi connectivity index (χ1n) is 4.81. The largest absolute Gasteiger partial charge is 0.355 e. The molecule has 0 aliphatic carbocycles. The molecule has 1 aromatic heterocycles. The van der Waals surface area contributed by atoms with Crippen LogP contribution in [0.4, 0.5) is 19.0 Å². The second-order valence-corrected chi connectivity index (χ2v) is 5.46. The normalized spacial score (nSPS) is 11.6. The Labute approximate surface area is 124 Å². The zero-order chi connectivity index (χ0) is 14.0. The Morgan fingerprint density at radius 1 is 1.25 bits per heavy atom. The van der Waals surface area contributed by atoms with Crippen LogP contribution in [-0.2, 0) is 11.0 Å². The van der Waals surface area contributed by atoms with E-state index in [0.29, 0.717) is 21.6 Å². The Morgan fingerprint density at radius 2 is 1.90 bits per heavy atom. The van der Waals surface area contributed by atoms with Gasteiger partial charge in [-0.25, -0.2) is 13.0 Å². The number of anilines is 1. The first-order chi connectivity index (χ1) is 9.01. The molecule has 1 unspecified atom stereocenters. The van der Waals surface area contributed by atoms with Gasteiger partial charge in [-0.1, -0.05) is 7.43 Å². The SMILES string of the molecule is C.O=S(Nc1cc(F)c(F)cc1OF)c1c[nH]c(Br)c1. The molecule has 9 heteroatoms. The van der Waals surface area contributed by atoms with Crippen molar-refractivity contribution in [2.75, 3.05) is 4.72 Å². The van der Waals surface area contributed by atoms with Gasteiger partial charge in [-0.05, 0) is 22.0 Å². The van der Waals surface area contributed by atoms with Crippen molar-refractivity contribution in [1.29, 1.82) is 0 Å². The number of aromatic nitrogens is 1. The summed E-state index contributed by atoms with van der Waals surface area (Å²) in [4.78, 5) is 6.47. The standard InChI is InChI=1S/C10H6BrF3N2O2S.CH4/c11-10-1-5(4-15-10)19(17)16-8-2-6(12)7(13)3-9(8)18-14;/h1-4,15-16H;1H4. The van der Waals surface area contributed by atoms with Crippen LogP contribution in [0, 0.1) is 11.6 Å². The summed E-state index contributed by atoms with van der Waals surface area (Å²) in [5.41, 5.74) is -0.267. The molecular formula is C11H10BrF3N2O2S. The average Bonchev–Trinajstić information content (AvgIpc) is 2.80. The lowest BCUT2D eigenvalue weighted by Gasteiger charge is -2.08. The molecule has 1 aromatic carbocycles. The number of rotatable bonds is 4. The number of benzene rings is 1. The van der Waals surface area contributed by atoms with E-state index in [0.717, 1.165) is 0 Å². The molecule has 0 saturated heterocycles. The number of halogens is 4. The molecule has 0 bridgehead atoms. The van der Waals surface area contributed by atoms with Crippen molar-refractivity contribution in [2.24, 2.45) is 0 Å². The van der Waals surface area contributed by atoms with Gasteiger partial charge in [0.05, 0.1) is 15.2 Å². The van der Waals surface area contributed by atoms with Gasteiger partial charge >= 0.3 is 0 Å². The van der Waals surface area contributed by atoms with E-state index in [1.54, 1.807) is 0 Å². The Bertz CT molecular complexity index is 636. The van der Waals surface area contributed by atoms with E-state index < -0.39 is 28.4 Å². The van der Waals surface area contributed by atoms with Gasteiger partial charge in [0.15, 0.2) is 28.4 Å². The summed E-state index contributed by atoms with van der Waals surface area (Å²) in [6.45, 7) is 0. The van der Waals surface area contributed by atoms with Crippen molar-refractivity contribution in [3.63, 3.8) is 0 Å². The Hall–Kier alpha value is -1.48. The van der Waals surface area contributed by atoms with E-state index in [-0.39, 0.29) is 13.1 Å². The summed E-state index contributed by atoms with van der Waals surface area (Å²) in [6.07, 6.45) is 1.43. The van der Waals surface area contributed by atoms with Crippen LogP contribution in [0.2, 0.25) is 0 Å². The van der Waals surface area contributed by atoms with Crippen molar-refractivity contribution in [3.8, 4) is 5.75 Å². The first kappa shape index (κ1) is 16.6. The van der Waals surface area contributed by atoms with E-state index in [4.69, 9.17) is 0 Å². The van der Waals surface area contributed by atoms with Crippen molar-refractivity contribution >= 4 is 32.6 Å². The Morgan fingerprint density at radius 3 is 2.45 bits per heavy atom. The number of aromatic amines is 1. The molecule has 0 radical (unpaired) electrons. The molecule has 1 heterocycles. The van der Waals surface area contributed by atoms with Crippen LogP contribution in [0.15, 0.2) is 33.9 Å². The number of nitrogens with one attached hydrogen (secondary N) is 2. The quantitative estimate of drug-likeness (QED) is 0.851. The molecule has 4 nitrogen and oxygen atoms in total. The van der Waals surface area contributed by atoms with Crippen LogP contribution in [0.25, 0.3) is 0 Å². The van der Waals surface area contributed by atoms with Crippen molar-refractivity contribution in [1.82, 2.24) is 4.98 Å². The van der Waals surface area contributed by atoms with Crippen LogP contribution < -0.4 is 9.66 Å². The number of H-pyrrole nitrogens is 1. The lowest BCUT2D eigenvalue weighted by atomic mass is 10.3. The molecule has 2 N–H and O–H groups in total. The van der Waals surface area contributed by atoms with Crippen LogP contribution in [-0.4, -0.2) is 9.19 Å². The summed E-state index contributed by atoms with van der Waals surface area (Å²) >= 11 is 3.12. The summed E-state index contributed by atoms with van der Waals surface area (Å²) in [5.74, 6) is -3.08. The first-order valence-corrected chi connectivity index (χ1v) is 6.75. The van der Waals surface area contributed by atoms with E-state index >= 15 is 0 Å². The third-order valence-corrected chi connectivity index (χ3v) is 3.67. The molecule has 0 aliphatic rings. The van der Waals surface area contributed by atoms with E-state index in [2.05, 4.69) is 30.6 Å². The summed E-state index contributed by atoms with van der Waals surface area (Å²) in [5, 5.41) is 0. The van der Waals surface area contributed by atoms with Crippen molar-refractivity contribution in [3.05, 3.63) is 40.6 Å². The zero-order valence-corrected chi connectivity index (χ0v) is 11.4. The van der Waals surface area contributed by atoms with Gasteiger partial charge < -0.3 is 4.98 Å². The van der Waals surface area contributed by atoms with Gasteiger partial charge in [-0.2, -0.15) is 0 Å². The molecule has 20 heavy (non-hydrogen) atoms. The van der Waals surface area contributed by atoms with Gasteiger partial charge in [-0.15, -0.1) is 0 Å². The van der Waals surface area contributed by atoms with Gasteiger partial charge in [0.2, 0.25) is 0 Å². The molecular weight excluding hydrogens is 361 g/mol. The maximum absolute atomic E-state index is 13.0. The predicted octanol–water partition coefficient (Wildman–Crippen LogP) is 4.09. The highest BCUT2D eigenvalue weighted by Gasteiger charge is 2.15. The van der Waals surface area contributed by atoms with Crippen LogP contribution >= 0.6 is 15.9 Å². The average molecular weight is 371 g/mol. The lowest BCUT2D eigenvalue weighted by Crippen LogP contribution is -2.05. The zero-order valence-electron chi connectivity index (χ0n) is 9.05. The Kier molecular flexibility index (Phi) is 5.63. The third-order valence-electron chi connectivity index (χ3n) is 2.14. The molecule has 0 aliphatic heterocycles. The molecule has 2 rings (SSSR count). The van der Waals surface area contributed by atoms with Crippen molar-refractivity contribution in [2.45, 2.75) is 12.3 Å². The highest BCUT2D eigenvalue weighted by molar-refractivity contribution is 9.10. The van der Waals surface area contributed by atoms with Gasteiger partial charge in [0.25, 0.3) is 0 Å². The second-order valence-electron chi connectivity index (χ2n) is 3.39. The summed E-state index contributed by atoms with van der Waals surface area (Å²) in [7, 11) is -1.79. The van der Waals surface area contributed by atoms with Crippen LogP contribution in [0.1, 0.15) is 7.43 Å². The lowest BCUT2D eigenvalue weighted by molar-refractivity contribution is -0.00566. The third kappa shape index (κ3) is 3.54. The van der Waals surface area contributed by atoms with Crippen LogP contribution in [0.3, 0.4) is 0 Å².